The van der Waals surface area contributed by atoms with E-state index in [9.17, 15) is 0 Å². The summed E-state index contributed by atoms with van der Waals surface area (Å²) in [5, 5.41) is 6.37. The largest absolute Gasteiger partial charge is 0.383 e. The lowest BCUT2D eigenvalue weighted by molar-refractivity contribution is 0.190. The van der Waals surface area contributed by atoms with E-state index in [0.717, 1.165) is 10.8 Å². The average molecular weight is 268 g/mol. The first kappa shape index (κ1) is 12.5. The molecule has 0 aromatic carbocycles. The third kappa shape index (κ3) is 3.28. The number of aryl methyl sites for hydroxylation is 1. The molecule has 1 atom stereocenters. The first-order valence-electron chi connectivity index (χ1n) is 5.47. The Morgan fingerprint density at radius 2 is 2.29 bits per heavy atom. The number of nitrogens with zero attached hydrogens (tertiary/aromatic N) is 1. The lowest BCUT2D eigenvalue weighted by Crippen LogP contribution is -2.20. The highest BCUT2D eigenvalue weighted by atomic mass is 32.1. The molecule has 92 valence electrons. The van der Waals surface area contributed by atoms with Crippen molar-refractivity contribution in [2.24, 2.45) is 0 Å². The fraction of sp³-hybridized carbons (Fsp3) is 0.417. The van der Waals surface area contributed by atoms with Crippen LogP contribution in [0.2, 0.25) is 0 Å². The summed E-state index contributed by atoms with van der Waals surface area (Å²) in [4.78, 5) is 7.12. The van der Waals surface area contributed by atoms with Gasteiger partial charge in [0.25, 0.3) is 0 Å². The minimum atomic E-state index is 0.282. The van der Waals surface area contributed by atoms with Gasteiger partial charge in [0.1, 0.15) is 0 Å². The molecule has 0 bridgehead atoms. The highest BCUT2D eigenvalue weighted by Gasteiger charge is 2.08. The maximum Gasteiger partial charge on any atom is 0.183 e. The predicted octanol–water partition coefficient (Wildman–Crippen LogP) is 3.63. The summed E-state index contributed by atoms with van der Waals surface area (Å²) >= 11 is 3.41. The van der Waals surface area contributed by atoms with Gasteiger partial charge in [0.05, 0.1) is 17.2 Å². The Morgan fingerprint density at radius 1 is 1.47 bits per heavy atom. The highest BCUT2D eigenvalue weighted by Crippen LogP contribution is 2.30. The molecule has 2 aromatic heterocycles. The fourth-order valence-corrected chi connectivity index (χ4v) is 3.25. The summed E-state index contributed by atoms with van der Waals surface area (Å²) in [5.41, 5.74) is 1.06. The minimum absolute atomic E-state index is 0.282. The van der Waals surface area contributed by atoms with Gasteiger partial charge in [0.15, 0.2) is 5.13 Å². The third-order valence-corrected chi connectivity index (χ3v) is 4.08. The van der Waals surface area contributed by atoms with Gasteiger partial charge in [-0.3, -0.25) is 0 Å². The molecule has 2 rings (SSSR count). The van der Waals surface area contributed by atoms with E-state index in [4.69, 9.17) is 4.74 Å². The van der Waals surface area contributed by atoms with Crippen LogP contribution in [-0.4, -0.2) is 24.7 Å². The summed E-state index contributed by atoms with van der Waals surface area (Å²) in [7, 11) is 1.71. The van der Waals surface area contributed by atoms with Crippen LogP contribution in [0.25, 0.3) is 10.6 Å². The highest BCUT2D eigenvalue weighted by molar-refractivity contribution is 7.16. The van der Waals surface area contributed by atoms with Gasteiger partial charge in [0, 0.05) is 23.4 Å². The number of nitrogens with one attached hydrogen (secondary N) is 1. The summed E-state index contributed by atoms with van der Waals surface area (Å²) in [6.07, 6.45) is 0. The standard InChI is InChI=1S/C12H16N2OS2/c1-8(6-15-3)13-12-14-10(7-16-12)11-5-4-9(2)17-11/h4-5,7-8H,6H2,1-3H3,(H,13,14)/t8-/m1/s1. The lowest BCUT2D eigenvalue weighted by atomic mass is 10.4. The quantitative estimate of drug-likeness (QED) is 0.899. The van der Waals surface area contributed by atoms with Gasteiger partial charge >= 0.3 is 0 Å². The van der Waals surface area contributed by atoms with Crippen LogP contribution in [0.5, 0.6) is 0 Å². The Hall–Kier alpha value is -0.910. The maximum atomic E-state index is 5.09. The van der Waals surface area contributed by atoms with Crippen molar-refractivity contribution in [3.8, 4) is 10.6 Å². The molecule has 0 spiro atoms. The van der Waals surface area contributed by atoms with Crippen LogP contribution in [0, 0.1) is 6.92 Å². The molecule has 3 nitrogen and oxygen atoms in total. The molecule has 0 unspecified atom stereocenters. The minimum Gasteiger partial charge on any atom is -0.383 e. The van der Waals surface area contributed by atoms with Gasteiger partial charge in [-0.05, 0) is 26.0 Å². The van der Waals surface area contributed by atoms with Crippen molar-refractivity contribution in [1.82, 2.24) is 4.98 Å². The van der Waals surface area contributed by atoms with Crippen LogP contribution in [0.4, 0.5) is 5.13 Å². The number of methoxy groups -OCH3 is 1. The van der Waals surface area contributed by atoms with Crippen molar-refractivity contribution in [2.75, 3.05) is 19.0 Å². The number of anilines is 1. The Morgan fingerprint density at radius 3 is 2.94 bits per heavy atom. The molecule has 0 amide bonds. The van der Waals surface area contributed by atoms with Crippen LogP contribution in [-0.2, 0) is 4.74 Å². The summed E-state index contributed by atoms with van der Waals surface area (Å²) in [6.45, 7) is 4.88. The molecular formula is C12H16N2OS2. The van der Waals surface area contributed by atoms with E-state index in [2.05, 4.69) is 41.7 Å². The molecule has 0 saturated carbocycles. The summed E-state index contributed by atoms with van der Waals surface area (Å²) in [6, 6.07) is 4.53. The smallest absolute Gasteiger partial charge is 0.183 e. The topological polar surface area (TPSA) is 34.1 Å². The van der Waals surface area contributed by atoms with E-state index >= 15 is 0 Å². The number of thiazole rings is 1. The number of thiophene rings is 1. The van der Waals surface area contributed by atoms with Gasteiger partial charge in [-0.25, -0.2) is 4.98 Å². The number of ether oxygens (including phenoxy) is 1. The molecule has 0 saturated heterocycles. The van der Waals surface area contributed by atoms with E-state index in [0.29, 0.717) is 6.61 Å². The molecule has 2 aromatic rings. The van der Waals surface area contributed by atoms with Gasteiger partial charge in [-0.2, -0.15) is 0 Å². The van der Waals surface area contributed by atoms with Crippen molar-refractivity contribution in [3.05, 3.63) is 22.4 Å². The van der Waals surface area contributed by atoms with Crippen LogP contribution >= 0.6 is 22.7 Å². The predicted molar refractivity (Wildman–Crippen MR) is 75.1 cm³/mol. The molecule has 2 heterocycles. The van der Waals surface area contributed by atoms with Crippen LogP contribution < -0.4 is 5.32 Å². The molecular weight excluding hydrogens is 252 g/mol. The van der Waals surface area contributed by atoms with E-state index < -0.39 is 0 Å². The monoisotopic (exact) mass is 268 g/mol. The number of hydrogen-bond acceptors (Lipinski definition) is 5. The second-order valence-electron chi connectivity index (χ2n) is 3.95. The second kappa shape index (κ2) is 5.62. The average Bonchev–Trinajstić information content (AvgIpc) is 2.87. The summed E-state index contributed by atoms with van der Waals surface area (Å²) < 4.78 is 5.09. The lowest BCUT2D eigenvalue weighted by Gasteiger charge is -2.10. The molecule has 0 radical (unpaired) electrons. The van der Waals surface area contributed by atoms with E-state index in [1.807, 2.05) is 0 Å². The molecule has 1 N–H and O–H groups in total. The first-order valence-corrected chi connectivity index (χ1v) is 7.16. The zero-order chi connectivity index (χ0) is 12.3. The molecule has 0 fully saturated rings. The number of aromatic nitrogens is 1. The Labute approximate surface area is 109 Å². The van der Waals surface area contributed by atoms with Crippen molar-refractivity contribution in [1.29, 1.82) is 0 Å². The maximum absolute atomic E-state index is 5.09. The van der Waals surface area contributed by atoms with E-state index in [1.54, 1.807) is 29.8 Å². The molecule has 5 heteroatoms. The Kier molecular flexibility index (Phi) is 4.15. The number of hydrogen-bond donors (Lipinski definition) is 1. The van der Waals surface area contributed by atoms with Crippen molar-refractivity contribution in [2.45, 2.75) is 19.9 Å². The molecule has 0 aliphatic heterocycles. The SMILES string of the molecule is COC[C@@H](C)Nc1nc(-c2ccc(C)s2)cs1. The zero-order valence-corrected chi connectivity index (χ0v) is 11.8. The molecule has 0 aliphatic rings. The van der Waals surface area contributed by atoms with Crippen molar-refractivity contribution >= 4 is 27.8 Å². The fourth-order valence-electron chi connectivity index (χ4n) is 1.53. The van der Waals surface area contributed by atoms with Crippen molar-refractivity contribution in [3.63, 3.8) is 0 Å². The van der Waals surface area contributed by atoms with Gasteiger partial charge in [-0.15, -0.1) is 22.7 Å². The zero-order valence-electron chi connectivity index (χ0n) is 10.2. The Bertz CT molecular complexity index is 478. The van der Waals surface area contributed by atoms with Crippen LogP contribution in [0.15, 0.2) is 17.5 Å². The van der Waals surface area contributed by atoms with Crippen LogP contribution in [0.3, 0.4) is 0 Å². The van der Waals surface area contributed by atoms with Gasteiger partial charge in [-0.1, -0.05) is 0 Å². The van der Waals surface area contributed by atoms with Crippen molar-refractivity contribution < 1.29 is 4.74 Å². The number of rotatable bonds is 5. The second-order valence-corrected chi connectivity index (χ2v) is 6.09. The Balaban J connectivity index is 2.05. The molecule has 0 aliphatic carbocycles. The third-order valence-electron chi connectivity index (χ3n) is 2.28. The van der Waals surface area contributed by atoms with E-state index in [-0.39, 0.29) is 6.04 Å². The van der Waals surface area contributed by atoms with Gasteiger partial charge < -0.3 is 10.1 Å². The normalized spacial score (nSPS) is 12.6. The van der Waals surface area contributed by atoms with E-state index in [1.165, 1.54) is 9.75 Å². The van der Waals surface area contributed by atoms with Gasteiger partial charge in [0.2, 0.25) is 0 Å². The van der Waals surface area contributed by atoms with Crippen LogP contribution in [0.1, 0.15) is 11.8 Å². The molecule has 17 heavy (non-hydrogen) atoms. The first-order chi connectivity index (χ1) is 8.19. The summed E-state index contributed by atoms with van der Waals surface area (Å²) in [5.74, 6) is 0.